The van der Waals surface area contributed by atoms with Gasteiger partial charge in [-0.15, -0.1) is 0 Å². The van der Waals surface area contributed by atoms with Crippen LogP contribution in [0.2, 0.25) is 0 Å². The van der Waals surface area contributed by atoms with Crippen molar-refractivity contribution >= 4 is 22.5 Å². The van der Waals surface area contributed by atoms with Gasteiger partial charge in [0, 0.05) is 30.2 Å². The smallest absolute Gasteiger partial charge is 0.270 e. The van der Waals surface area contributed by atoms with Crippen LogP contribution in [0.4, 0.5) is 5.69 Å². The molecule has 0 aliphatic rings. The number of rotatable bonds is 3. The predicted octanol–water partition coefficient (Wildman–Crippen LogP) is 0.814. The van der Waals surface area contributed by atoms with Crippen LogP contribution in [0.3, 0.4) is 0 Å². The van der Waals surface area contributed by atoms with E-state index in [4.69, 9.17) is 10.8 Å². The summed E-state index contributed by atoms with van der Waals surface area (Å²) >= 11 is 0. The molecule has 0 atom stereocenters. The van der Waals surface area contributed by atoms with E-state index >= 15 is 0 Å². The van der Waals surface area contributed by atoms with Gasteiger partial charge >= 0.3 is 0 Å². The Hall–Kier alpha value is -2.01. The summed E-state index contributed by atoms with van der Waals surface area (Å²) in [6.45, 7) is 0.270. The first kappa shape index (κ1) is 11.5. The molecule has 90 valence electrons. The Morgan fingerprint density at radius 3 is 2.94 bits per heavy atom. The average molecular weight is 233 g/mol. The first-order valence-electron chi connectivity index (χ1n) is 5.36. The van der Waals surface area contributed by atoms with Crippen LogP contribution in [0.5, 0.6) is 0 Å². The molecule has 0 radical (unpaired) electrons. The average Bonchev–Trinajstić information content (AvgIpc) is 2.71. The molecule has 0 aliphatic heterocycles. The lowest BCUT2D eigenvalue weighted by molar-refractivity contribution is 0.0762. The number of carbonyl (C=O) groups is 1. The van der Waals surface area contributed by atoms with E-state index < -0.39 is 0 Å². The van der Waals surface area contributed by atoms with E-state index in [1.54, 1.807) is 19.2 Å². The molecule has 0 saturated carbocycles. The van der Waals surface area contributed by atoms with E-state index in [0.717, 1.165) is 10.9 Å². The van der Waals surface area contributed by atoms with Crippen LogP contribution in [0.1, 0.15) is 10.5 Å². The zero-order valence-corrected chi connectivity index (χ0v) is 9.60. The van der Waals surface area contributed by atoms with E-state index in [0.29, 0.717) is 17.9 Å². The number of carbonyl (C=O) groups excluding carboxylic acids is 1. The van der Waals surface area contributed by atoms with Gasteiger partial charge in [-0.05, 0) is 24.3 Å². The van der Waals surface area contributed by atoms with Crippen molar-refractivity contribution in [3.8, 4) is 0 Å². The second-order valence-corrected chi connectivity index (χ2v) is 3.98. The molecule has 0 spiro atoms. The minimum absolute atomic E-state index is 0.0462. The van der Waals surface area contributed by atoms with Gasteiger partial charge in [0.05, 0.1) is 6.61 Å². The molecular weight excluding hydrogens is 218 g/mol. The highest BCUT2D eigenvalue weighted by molar-refractivity contribution is 5.98. The lowest BCUT2D eigenvalue weighted by atomic mass is 10.2. The largest absolute Gasteiger partial charge is 0.399 e. The van der Waals surface area contributed by atoms with Gasteiger partial charge in [-0.3, -0.25) is 4.79 Å². The minimum atomic E-state index is -0.145. The van der Waals surface area contributed by atoms with Crippen LogP contribution in [-0.2, 0) is 0 Å². The number of aliphatic hydroxyl groups is 1. The highest BCUT2D eigenvalue weighted by Gasteiger charge is 2.13. The molecule has 2 rings (SSSR count). The topological polar surface area (TPSA) is 82.3 Å². The Kier molecular flexibility index (Phi) is 3.01. The van der Waals surface area contributed by atoms with E-state index in [1.807, 2.05) is 12.1 Å². The molecule has 0 unspecified atom stereocenters. The Morgan fingerprint density at radius 1 is 1.47 bits per heavy atom. The molecule has 1 aromatic carbocycles. The number of anilines is 1. The molecule has 0 saturated heterocycles. The summed E-state index contributed by atoms with van der Waals surface area (Å²) < 4.78 is 0. The van der Waals surface area contributed by atoms with Crippen molar-refractivity contribution in [1.29, 1.82) is 0 Å². The lowest BCUT2D eigenvalue weighted by Gasteiger charge is -2.13. The molecule has 1 amide bonds. The number of nitrogens with one attached hydrogen (secondary N) is 1. The molecule has 5 heteroatoms. The number of aliphatic hydroxyl groups excluding tert-OH is 1. The molecule has 1 aromatic heterocycles. The number of aromatic nitrogens is 1. The Bertz CT molecular complexity index is 548. The quantitative estimate of drug-likeness (QED) is 0.686. The van der Waals surface area contributed by atoms with Gasteiger partial charge in [0.15, 0.2) is 0 Å². The molecule has 17 heavy (non-hydrogen) atoms. The van der Waals surface area contributed by atoms with Crippen molar-refractivity contribution in [3.63, 3.8) is 0 Å². The maximum absolute atomic E-state index is 11.9. The summed E-state index contributed by atoms with van der Waals surface area (Å²) in [5.41, 5.74) is 7.72. The van der Waals surface area contributed by atoms with Crippen molar-refractivity contribution in [2.75, 3.05) is 25.9 Å². The van der Waals surface area contributed by atoms with Gasteiger partial charge in [0.2, 0.25) is 0 Å². The molecular formula is C12H15N3O2. The fourth-order valence-corrected chi connectivity index (χ4v) is 1.72. The number of nitrogens with zero attached hydrogens (tertiary/aromatic N) is 1. The zero-order chi connectivity index (χ0) is 12.4. The summed E-state index contributed by atoms with van der Waals surface area (Å²) in [5, 5.41) is 9.70. The van der Waals surface area contributed by atoms with Gasteiger partial charge < -0.3 is 20.7 Å². The van der Waals surface area contributed by atoms with Crippen molar-refractivity contribution < 1.29 is 9.90 Å². The van der Waals surface area contributed by atoms with Crippen LogP contribution in [0.15, 0.2) is 24.3 Å². The number of likely N-dealkylation sites (N-methyl/N-ethyl adjacent to an activating group) is 1. The molecule has 5 nitrogen and oxygen atoms in total. The van der Waals surface area contributed by atoms with E-state index in [-0.39, 0.29) is 12.5 Å². The van der Waals surface area contributed by atoms with Gasteiger partial charge in [-0.25, -0.2) is 0 Å². The molecule has 0 aliphatic carbocycles. The van der Waals surface area contributed by atoms with Crippen LogP contribution >= 0.6 is 0 Å². The number of nitrogen functional groups attached to an aromatic ring is 1. The van der Waals surface area contributed by atoms with Gasteiger partial charge in [-0.1, -0.05) is 0 Å². The SMILES string of the molecule is CN(CCO)C(=O)c1cc2cc(N)ccc2[nH]1. The molecule has 0 fully saturated rings. The Morgan fingerprint density at radius 2 is 2.24 bits per heavy atom. The van der Waals surface area contributed by atoms with Crippen LogP contribution < -0.4 is 5.73 Å². The maximum Gasteiger partial charge on any atom is 0.270 e. The molecule has 2 aromatic rings. The number of hydrogen-bond acceptors (Lipinski definition) is 3. The van der Waals surface area contributed by atoms with Gasteiger partial charge in [0.1, 0.15) is 5.69 Å². The van der Waals surface area contributed by atoms with Gasteiger partial charge in [0.25, 0.3) is 5.91 Å². The van der Waals surface area contributed by atoms with Crippen LogP contribution in [0.25, 0.3) is 10.9 Å². The second kappa shape index (κ2) is 4.47. The number of H-pyrrole nitrogens is 1. The van der Waals surface area contributed by atoms with Crippen molar-refractivity contribution in [2.24, 2.45) is 0 Å². The summed E-state index contributed by atoms with van der Waals surface area (Å²) in [6, 6.07) is 7.20. The van der Waals surface area contributed by atoms with Crippen molar-refractivity contribution in [2.45, 2.75) is 0 Å². The summed E-state index contributed by atoms with van der Waals surface area (Å²) in [4.78, 5) is 16.4. The van der Waals surface area contributed by atoms with Gasteiger partial charge in [-0.2, -0.15) is 0 Å². The Balaban J connectivity index is 2.33. The van der Waals surface area contributed by atoms with E-state index in [9.17, 15) is 4.79 Å². The highest BCUT2D eigenvalue weighted by Crippen LogP contribution is 2.18. The number of nitrogens with two attached hydrogens (primary N) is 1. The first-order valence-corrected chi connectivity index (χ1v) is 5.36. The summed E-state index contributed by atoms with van der Waals surface area (Å²) in [6.07, 6.45) is 0. The molecule has 1 heterocycles. The zero-order valence-electron chi connectivity index (χ0n) is 9.60. The predicted molar refractivity (Wildman–Crippen MR) is 66.8 cm³/mol. The third kappa shape index (κ3) is 2.24. The maximum atomic E-state index is 11.9. The van der Waals surface area contributed by atoms with E-state index in [2.05, 4.69) is 4.98 Å². The van der Waals surface area contributed by atoms with Crippen molar-refractivity contribution in [1.82, 2.24) is 9.88 Å². The summed E-state index contributed by atoms with van der Waals surface area (Å²) in [5.74, 6) is -0.145. The third-order valence-electron chi connectivity index (χ3n) is 2.66. The normalized spacial score (nSPS) is 10.7. The number of benzene rings is 1. The fourth-order valence-electron chi connectivity index (χ4n) is 1.72. The monoisotopic (exact) mass is 233 g/mol. The fraction of sp³-hybridized carbons (Fsp3) is 0.250. The summed E-state index contributed by atoms with van der Waals surface area (Å²) in [7, 11) is 1.65. The first-order chi connectivity index (χ1) is 8.11. The number of hydrogen-bond donors (Lipinski definition) is 3. The standard InChI is InChI=1S/C12H15N3O2/c1-15(4-5-16)12(17)11-7-8-6-9(13)2-3-10(8)14-11/h2-3,6-7,14,16H,4-5,13H2,1H3. The minimum Gasteiger partial charge on any atom is -0.399 e. The molecule has 0 bridgehead atoms. The second-order valence-electron chi connectivity index (χ2n) is 3.98. The van der Waals surface area contributed by atoms with Crippen LogP contribution in [0, 0.1) is 0 Å². The van der Waals surface area contributed by atoms with E-state index in [1.165, 1.54) is 4.90 Å². The Labute approximate surface area is 98.8 Å². The van der Waals surface area contributed by atoms with Crippen LogP contribution in [-0.4, -0.2) is 41.1 Å². The number of fused-ring (bicyclic) bond motifs is 1. The molecule has 4 N–H and O–H groups in total. The van der Waals surface area contributed by atoms with Crippen molar-refractivity contribution in [3.05, 3.63) is 30.0 Å². The number of aromatic amines is 1. The number of amides is 1. The third-order valence-corrected chi connectivity index (χ3v) is 2.66. The lowest BCUT2D eigenvalue weighted by Crippen LogP contribution is -2.29. The highest BCUT2D eigenvalue weighted by atomic mass is 16.3.